The predicted octanol–water partition coefficient (Wildman–Crippen LogP) is 3.06. The summed E-state index contributed by atoms with van der Waals surface area (Å²) in [7, 11) is 0. The monoisotopic (exact) mass is 399 g/mol. The van der Waals surface area contributed by atoms with Gasteiger partial charge in [0.2, 0.25) is 11.6 Å². The molecule has 30 heavy (non-hydrogen) atoms. The number of carbonyl (C=O) groups is 2. The van der Waals surface area contributed by atoms with E-state index in [0.717, 1.165) is 11.6 Å². The Bertz CT molecular complexity index is 1200. The Hall–Kier alpha value is -4.33. The first kappa shape index (κ1) is 19.0. The average Bonchev–Trinajstić information content (AvgIpc) is 3.45. The minimum Gasteiger partial charge on any atom is -0.504 e. The molecule has 2 N–H and O–H groups in total. The summed E-state index contributed by atoms with van der Waals surface area (Å²) in [6.45, 7) is 0.389. The zero-order valence-electron chi connectivity index (χ0n) is 15.8. The zero-order chi connectivity index (χ0) is 20.9. The number of H-pyrrole nitrogens is 1. The summed E-state index contributed by atoms with van der Waals surface area (Å²) in [5, 5.41) is 16.3. The minimum atomic E-state index is -0.465. The van der Waals surface area contributed by atoms with Crippen LogP contribution in [0.1, 0.15) is 37.8 Å². The maximum atomic E-state index is 13.1. The van der Waals surface area contributed by atoms with Gasteiger partial charge in [-0.2, -0.15) is 5.10 Å². The van der Waals surface area contributed by atoms with Crippen LogP contribution in [0.5, 0.6) is 0 Å². The van der Waals surface area contributed by atoms with E-state index in [9.17, 15) is 14.7 Å². The van der Waals surface area contributed by atoms with Crippen LogP contribution in [-0.2, 0) is 6.54 Å². The molecule has 3 aromatic heterocycles. The standard InChI is InChI=1S/C22H17N5O3/c28-19(11-20(29)22-24-14-25-26-22)17-10-18(21(30)16-4-2-1-3-5-16)27(13-17)12-15-6-8-23-9-7-15/h1-11,13-14,29H,12H2,(H,24,25,26). The second-order valence-corrected chi connectivity index (χ2v) is 6.51. The van der Waals surface area contributed by atoms with Crippen LogP contribution in [0.25, 0.3) is 5.76 Å². The Morgan fingerprint density at radius 2 is 1.83 bits per heavy atom. The van der Waals surface area contributed by atoms with Crippen molar-refractivity contribution in [3.63, 3.8) is 0 Å². The number of hydrogen-bond donors (Lipinski definition) is 2. The molecule has 0 saturated heterocycles. The van der Waals surface area contributed by atoms with Gasteiger partial charge in [-0.15, -0.1) is 0 Å². The Labute approximate surface area is 171 Å². The molecule has 0 aliphatic rings. The van der Waals surface area contributed by atoms with E-state index >= 15 is 0 Å². The smallest absolute Gasteiger partial charge is 0.215 e. The van der Waals surface area contributed by atoms with Crippen molar-refractivity contribution < 1.29 is 14.7 Å². The highest BCUT2D eigenvalue weighted by molar-refractivity contribution is 6.12. The zero-order valence-corrected chi connectivity index (χ0v) is 15.8. The molecule has 0 atom stereocenters. The van der Waals surface area contributed by atoms with Gasteiger partial charge in [0.25, 0.3) is 0 Å². The maximum absolute atomic E-state index is 13.1. The molecule has 0 amide bonds. The summed E-state index contributed by atoms with van der Waals surface area (Å²) in [5.41, 5.74) is 2.09. The number of aliphatic hydroxyl groups is 1. The number of pyridine rings is 1. The molecular weight excluding hydrogens is 382 g/mol. The van der Waals surface area contributed by atoms with Gasteiger partial charge in [0, 0.05) is 42.3 Å². The van der Waals surface area contributed by atoms with Crippen LogP contribution in [0, 0.1) is 0 Å². The number of ketones is 2. The molecule has 4 aromatic rings. The topological polar surface area (TPSA) is 114 Å². The molecule has 8 heteroatoms. The van der Waals surface area contributed by atoms with Crippen molar-refractivity contribution in [2.24, 2.45) is 0 Å². The molecule has 0 radical (unpaired) electrons. The number of aliphatic hydroxyl groups excluding tert-OH is 1. The normalized spacial score (nSPS) is 11.4. The van der Waals surface area contributed by atoms with Crippen LogP contribution in [-0.4, -0.2) is 41.4 Å². The third kappa shape index (κ3) is 4.07. The van der Waals surface area contributed by atoms with E-state index < -0.39 is 5.78 Å². The lowest BCUT2D eigenvalue weighted by Crippen LogP contribution is -2.10. The third-order valence-electron chi connectivity index (χ3n) is 4.46. The summed E-state index contributed by atoms with van der Waals surface area (Å²) in [6, 6.07) is 14.1. The van der Waals surface area contributed by atoms with Gasteiger partial charge in [0.1, 0.15) is 6.33 Å². The number of nitrogens with zero attached hydrogens (tertiary/aromatic N) is 4. The first-order chi connectivity index (χ1) is 14.6. The highest BCUT2D eigenvalue weighted by atomic mass is 16.3. The van der Waals surface area contributed by atoms with E-state index in [-0.39, 0.29) is 22.9 Å². The van der Waals surface area contributed by atoms with Gasteiger partial charge in [-0.1, -0.05) is 30.3 Å². The fourth-order valence-electron chi connectivity index (χ4n) is 2.99. The minimum absolute atomic E-state index is 0.0140. The highest BCUT2D eigenvalue weighted by Gasteiger charge is 2.19. The van der Waals surface area contributed by atoms with Crippen molar-refractivity contribution in [1.82, 2.24) is 24.7 Å². The molecule has 0 bridgehead atoms. The number of allylic oxidation sites excluding steroid dienone is 1. The Morgan fingerprint density at radius 3 is 2.53 bits per heavy atom. The number of nitrogens with one attached hydrogen (secondary N) is 1. The van der Waals surface area contributed by atoms with Crippen molar-refractivity contribution in [2.45, 2.75) is 6.54 Å². The third-order valence-corrected chi connectivity index (χ3v) is 4.46. The second kappa shape index (κ2) is 8.36. The van der Waals surface area contributed by atoms with Crippen molar-refractivity contribution >= 4 is 17.3 Å². The number of benzene rings is 1. The van der Waals surface area contributed by atoms with Crippen LogP contribution in [0.15, 0.2) is 79.5 Å². The SMILES string of the molecule is O=C(C=C(O)c1nc[nH]n1)c1cc(C(=O)c2ccccc2)n(Cc2ccncc2)c1. The molecule has 0 unspecified atom stereocenters. The fourth-order valence-corrected chi connectivity index (χ4v) is 2.99. The summed E-state index contributed by atoms with van der Waals surface area (Å²) < 4.78 is 1.72. The van der Waals surface area contributed by atoms with Crippen LogP contribution in [0.4, 0.5) is 0 Å². The number of hydrogen-bond acceptors (Lipinski definition) is 6. The number of aromatic amines is 1. The van der Waals surface area contributed by atoms with Gasteiger partial charge in [-0.25, -0.2) is 4.98 Å². The molecule has 0 saturated carbocycles. The molecular formula is C22H17N5O3. The van der Waals surface area contributed by atoms with Crippen LogP contribution in [0.2, 0.25) is 0 Å². The molecule has 0 fully saturated rings. The summed E-state index contributed by atoms with van der Waals surface area (Å²) in [5.74, 6) is -1.02. The van der Waals surface area contributed by atoms with Crippen molar-refractivity contribution in [1.29, 1.82) is 0 Å². The number of rotatable bonds is 7. The van der Waals surface area contributed by atoms with Crippen molar-refractivity contribution in [3.8, 4) is 0 Å². The van der Waals surface area contributed by atoms with E-state index in [1.165, 1.54) is 12.4 Å². The van der Waals surface area contributed by atoms with Crippen molar-refractivity contribution in [2.75, 3.05) is 0 Å². The predicted molar refractivity (Wildman–Crippen MR) is 109 cm³/mol. The molecule has 0 aliphatic heterocycles. The first-order valence-electron chi connectivity index (χ1n) is 9.12. The highest BCUT2D eigenvalue weighted by Crippen LogP contribution is 2.18. The fraction of sp³-hybridized carbons (Fsp3) is 0.0455. The Kier molecular flexibility index (Phi) is 5.29. The second-order valence-electron chi connectivity index (χ2n) is 6.51. The van der Waals surface area contributed by atoms with E-state index in [0.29, 0.717) is 17.8 Å². The molecule has 1 aromatic carbocycles. The molecule has 8 nitrogen and oxygen atoms in total. The number of carbonyl (C=O) groups excluding carboxylic acids is 2. The van der Waals surface area contributed by atoms with Gasteiger partial charge in [0.15, 0.2) is 11.5 Å². The van der Waals surface area contributed by atoms with Crippen LogP contribution < -0.4 is 0 Å². The van der Waals surface area contributed by atoms with E-state index in [2.05, 4.69) is 20.2 Å². The van der Waals surface area contributed by atoms with E-state index in [1.807, 2.05) is 18.2 Å². The lowest BCUT2D eigenvalue weighted by Gasteiger charge is -2.08. The summed E-state index contributed by atoms with van der Waals surface area (Å²) >= 11 is 0. The summed E-state index contributed by atoms with van der Waals surface area (Å²) in [4.78, 5) is 33.6. The van der Waals surface area contributed by atoms with E-state index in [1.54, 1.807) is 47.4 Å². The molecule has 4 rings (SSSR count). The number of aromatic nitrogens is 5. The van der Waals surface area contributed by atoms with E-state index in [4.69, 9.17) is 0 Å². The van der Waals surface area contributed by atoms with Gasteiger partial charge >= 0.3 is 0 Å². The lowest BCUT2D eigenvalue weighted by atomic mass is 10.1. The molecule has 0 spiro atoms. The van der Waals surface area contributed by atoms with Gasteiger partial charge < -0.3 is 9.67 Å². The maximum Gasteiger partial charge on any atom is 0.215 e. The summed E-state index contributed by atoms with van der Waals surface area (Å²) in [6.07, 6.45) is 7.26. The van der Waals surface area contributed by atoms with Gasteiger partial charge in [-0.3, -0.25) is 19.7 Å². The van der Waals surface area contributed by atoms with Crippen molar-refractivity contribution in [3.05, 3.63) is 108 Å². The average molecular weight is 399 g/mol. The largest absolute Gasteiger partial charge is 0.504 e. The molecule has 3 heterocycles. The van der Waals surface area contributed by atoms with Crippen LogP contribution in [0.3, 0.4) is 0 Å². The lowest BCUT2D eigenvalue weighted by molar-refractivity contribution is 0.102. The quantitative estimate of drug-likeness (QED) is 0.280. The molecule has 148 valence electrons. The first-order valence-corrected chi connectivity index (χ1v) is 9.12. The Balaban J connectivity index is 1.71. The van der Waals surface area contributed by atoms with Gasteiger partial charge in [0.05, 0.1) is 5.69 Å². The van der Waals surface area contributed by atoms with Gasteiger partial charge in [-0.05, 0) is 23.8 Å². The van der Waals surface area contributed by atoms with Crippen LogP contribution >= 0.6 is 0 Å². The molecule has 0 aliphatic carbocycles. The Morgan fingerprint density at radius 1 is 1.07 bits per heavy atom.